The van der Waals surface area contributed by atoms with E-state index < -0.39 is 17.7 Å². The summed E-state index contributed by atoms with van der Waals surface area (Å²) in [4.78, 5) is 2.11. The van der Waals surface area contributed by atoms with Gasteiger partial charge in [-0.1, -0.05) is 35.5 Å². The minimum atomic E-state index is -0.911. The molecule has 0 aliphatic carbocycles. The van der Waals surface area contributed by atoms with Crippen molar-refractivity contribution in [1.29, 1.82) is 0 Å². The summed E-state index contributed by atoms with van der Waals surface area (Å²) in [6, 6.07) is 13.2. The Morgan fingerprint density at radius 3 is 2.69 bits per heavy atom. The summed E-state index contributed by atoms with van der Waals surface area (Å²) in [6.45, 7) is 1.76. The standard InChI is InChI=1S/C20H18F2N2O2/c21-16-7-6-14(10-17(16)22)20-15-11-24(9-8-19(15)26-23-20)12-18(25)13-4-2-1-3-5-13/h1-7,10,18,25H,8-9,11-12H2/t18-/m0/s1. The van der Waals surface area contributed by atoms with Crippen molar-refractivity contribution in [3.05, 3.63) is 77.1 Å². The van der Waals surface area contributed by atoms with Gasteiger partial charge in [-0.25, -0.2) is 8.78 Å². The summed E-state index contributed by atoms with van der Waals surface area (Å²) in [5.41, 5.74) is 2.74. The van der Waals surface area contributed by atoms with Gasteiger partial charge in [-0.05, 0) is 23.8 Å². The molecular formula is C20H18F2N2O2. The number of aliphatic hydroxyl groups is 1. The molecule has 2 aromatic carbocycles. The number of rotatable bonds is 4. The second-order valence-corrected chi connectivity index (χ2v) is 6.47. The van der Waals surface area contributed by atoms with Gasteiger partial charge in [0.15, 0.2) is 11.6 Å². The first-order valence-corrected chi connectivity index (χ1v) is 8.50. The van der Waals surface area contributed by atoms with Crippen LogP contribution in [0, 0.1) is 11.6 Å². The molecule has 1 aliphatic heterocycles. The molecule has 0 saturated carbocycles. The number of aromatic nitrogens is 1. The molecule has 26 heavy (non-hydrogen) atoms. The molecule has 1 aliphatic rings. The van der Waals surface area contributed by atoms with Crippen molar-refractivity contribution in [3.63, 3.8) is 0 Å². The summed E-state index contributed by atoms with van der Waals surface area (Å²) in [5.74, 6) is -1.04. The Labute approximate surface area is 149 Å². The molecule has 4 nitrogen and oxygen atoms in total. The van der Waals surface area contributed by atoms with Gasteiger partial charge in [0.2, 0.25) is 0 Å². The first-order valence-electron chi connectivity index (χ1n) is 8.50. The largest absolute Gasteiger partial charge is 0.387 e. The Kier molecular flexibility index (Phi) is 4.53. The van der Waals surface area contributed by atoms with Crippen LogP contribution in [-0.2, 0) is 13.0 Å². The van der Waals surface area contributed by atoms with Gasteiger partial charge in [0, 0.05) is 37.2 Å². The quantitative estimate of drug-likeness (QED) is 0.774. The molecule has 6 heteroatoms. The van der Waals surface area contributed by atoms with Crippen molar-refractivity contribution in [3.8, 4) is 11.3 Å². The topological polar surface area (TPSA) is 49.5 Å². The third-order valence-electron chi connectivity index (χ3n) is 4.71. The van der Waals surface area contributed by atoms with Crippen molar-refractivity contribution in [2.75, 3.05) is 13.1 Å². The average molecular weight is 356 g/mol. The lowest BCUT2D eigenvalue weighted by Gasteiger charge is -2.28. The van der Waals surface area contributed by atoms with Crippen LogP contribution in [0.2, 0.25) is 0 Å². The van der Waals surface area contributed by atoms with E-state index in [4.69, 9.17) is 4.52 Å². The molecule has 0 amide bonds. The van der Waals surface area contributed by atoms with E-state index in [1.807, 2.05) is 30.3 Å². The number of β-amino-alcohol motifs (C(OH)–C–C–N with tert-alkyl or cyclic N) is 1. The number of benzene rings is 2. The maximum Gasteiger partial charge on any atom is 0.159 e. The first-order chi connectivity index (χ1) is 12.6. The minimum absolute atomic E-state index is 0.478. The number of hydrogen-bond donors (Lipinski definition) is 1. The number of hydrogen-bond acceptors (Lipinski definition) is 4. The highest BCUT2D eigenvalue weighted by Crippen LogP contribution is 2.31. The Hall–Kier alpha value is -2.57. The van der Waals surface area contributed by atoms with E-state index in [-0.39, 0.29) is 0 Å². The van der Waals surface area contributed by atoms with Crippen LogP contribution in [0.3, 0.4) is 0 Å². The van der Waals surface area contributed by atoms with Crippen LogP contribution in [0.25, 0.3) is 11.3 Å². The zero-order valence-corrected chi connectivity index (χ0v) is 14.0. The number of aliphatic hydroxyl groups excluding tert-OH is 1. The van der Waals surface area contributed by atoms with E-state index in [0.717, 1.165) is 35.6 Å². The second-order valence-electron chi connectivity index (χ2n) is 6.47. The Morgan fingerprint density at radius 1 is 1.12 bits per heavy atom. The molecule has 0 saturated heterocycles. The van der Waals surface area contributed by atoms with Gasteiger partial charge < -0.3 is 9.63 Å². The monoisotopic (exact) mass is 356 g/mol. The molecule has 2 heterocycles. The Balaban J connectivity index is 1.55. The Bertz CT molecular complexity index is 911. The fourth-order valence-corrected chi connectivity index (χ4v) is 3.32. The predicted octanol–water partition coefficient (Wildman–Crippen LogP) is 3.71. The number of fused-ring (bicyclic) bond motifs is 1. The molecular weight excluding hydrogens is 338 g/mol. The fourth-order valence-electron chi connectivity index (χ4n) is 3.32. The van der Waals surface area contributed by atoms with Crippen LogP contribution < -0.4 is 0 Å². The lowest BCUT2D eigenvalue weighted by atomic mass is 10.0. The highest BCUT2D eigenvalue weighted by Gasteiger charge is 2.26. The molecule has 0 unspecified atom stereocenters. The van der Waals surface area contributed by atoms with E-state index in [2.05, 4.69) is 10.1 Å². The highest BCUT2D eigenvalue weighted by atomic mass is 19.2. The third kappa shape index (κ3) is 3.25. The first kappa shape index (κ1) is 16.9. The van der Waals surface area contributed by atoms with Gasteiger partial charge in [-0.15, -0.1) is 0 Å². The van der Waals surface area contributed by atoms with Crippen LogP contribution in [0.15, 0.2) is 53.1 Å². The van der Waals surface area contributed by atoms with Crippen LogP contribution in [0.1, 0.15) is 23.0 Å². The maximum absolute atomic E-state index is 13.6. The fraction of sp³-hybridized carbons (Fsp3) is 0.250. The van der Waals surface area contributed by atoms with Gasteiger partial charge in [-0.3, -0.25) is 4.90 Å². The maximum atomic E-state index is 13.6. The molecule has 1 atom stereocenters. The van der Waals surface area contributed by atoms with Crippen molar-refractivity contribution in [1.82, 2.24) is 10.1 Å². The normalized spacial score (nSPS) is 15.7. The number of nitrogens with zero attached hydrogens (tertiary/aromatic N) is 2. The average Bonchev–Trinajstić information content (AvgIpc) is 3.08. The summed E-state index contributed by atoms with van der Waals surface area (Å²) in [7, 11) is 0. The molecule has 1 N–H and O–H groups in total. The van der Waals surface area contributed by atoms with Gasteiger partial charge in [0.1, 0.15) is 11.5 Å². The van der Waals surface area contributed by atoms with Gasteiger partial charge >= 0.3 is 0 Å². The molecule has 0 bridgehead atoms. The van der Waals surface area contributed by atoms with E-state index in [1.165, 1.54) is 6.07 Å². The zero-order chi connectivity index (χ0) is 18.1. The lowest BCUT2D eigenvalue weighted by molar-refractivity contribution is 0.103. The summed E-state index contributed by atoms with van der Waals surface area (Å²) < 4.78 is 32.1. The van der Waals surface area contributed by atoms with Crippen LogP contribution in [0.4, 0.5) is 8.78 Å². The molecule has 1 aromatic heterocycles. The van der Waals surface area contributed by atoms with Gasteiger partial charge in [-0.2, -0.15) is 0 Å². The number of halogens is 2. The van der Waals surface area contributed by atoms with Gasteiger partial charge in [0.25, 0.3) is 0 Å². The smallest absolute Gasteiger partial charge is 0.159 e. The van der Waals surface area contributed by atoms with Crippen molar-refractivity contribution >= 4 is 0 Å². The summed E-state index contributed by atoms with van der Waals surface area (Å²) in [6.07, 6.45) is 0.0670. The third-order valence-corrected chi connectivity index (χ3v) is 4.71. The van der Waals surface area contributed by atoms with E-state index >= 15 is 0 Å². The second kappa shape index (κ2) is 6.97. The van der Waals surface area contributed by atoms with Crippen LogP contribution in [0.5, 0.6) is 0 Å². The Morgan fingerprint density at radius 2 is 1.92 bits per heavy atom. The SMILES string of the molecule is O[C@@H](CN1CCc2onc(-c3ccc(F)c(F)c3)c2C1)c1ccccc1. The van der Waals surface area contributed by atoms with Crippen LogP contribution in [-0.4, -0.2) is 28.3 Å². The zero-order valence-electron chi connectivity index (χ0n) is 14.0. The highest BCUT2D eigenvalue weighted by molar-refractivity contribution is 5.63. The lowest BCUT2D eigenvalue weighted by Crippen LogP contribution is -2.33. The van der Waals surface area contributed by atoms with E-state index in [9.17, 15) is 13.9 Å². The van der Waals surface area contributed by atoms with Gasteiger partial charge in [0.05, 0.1) is 6.10 Å². The van der Waals surface area contributed by atoms with Crippen molar-refractivity contribution < 1.29 is 18.4 Å². The van der Waals surface area contributed by atoms with Crippen LogP contribution >= 0.6 is 0 Å². The van der Waals surface area contributed by atoms with Crippen molar-refractivity contribution in [2.24, 2.45) is 0 Å². The summed E-state index contributed by atoms with van der Waals surface area (Å²) in [5, 5.41) is 14.5. The predicted molar refractivity (Wildman–Crippen MR) is 92.2 cm³/mol. The summed E-state index contributed by atoms with van der Waals surface area (Å²) >= 11 is 0. The van der Waals surface area contributed by atoms with E-state index in [1.54, 1.807) is 0 Å². The minimum Gasteiger partial charge on any atom is -0.387 e. The molecule has 0 spiro atoms. The molecule has 0 radical (unpaired) electrons. The van der Waals surface area contributed by atoms with E-state index in [0.29, 0.717) is 30.8 Å². The molecule has 0 fully saturated rings. The molecule has 4 rings (SSSR count). The molecule has 3 aromatic rings. The molecule has 134 valence electrons. The van der Waals surface area contributed by atoms with Crippen molar-refractivity contribution in [2.45, 2.75) is 19.1 Å².